The minimum absolute atomic E-state index is 0.134. The van der Waals surface area contributed by atoms with Crippen LogP contribution in [0.25, 0.3) is 0 Å². The molecule has 1 fully saturated rings. The summed E-state index contributed by atoms with van der Waals surface area (Å²) in [5.41, 5.74) is 0.283. The maximum Gasteiger partial charge on any atom is 0.287 e. The Morgan fingerprint density at radius 2 is 2.50 bits per heavy atom. The second kappa shape index (κ2) is 5.69. The normalized spacial score (nSPS) is 19.2. The summed E-state index contributed by atoms with van der Waals surface area (Å²) in [7, 11) is 1.91. The molecule has 18 heavy (non-hydrogen) atoms. The number of halogens is 1. The number of anilines is 1. The SMILES string of the molecule is CN(c1cnn(CCO)c(=O)c1Cl)C1CCNC1. The molecule has 6 nitrogen and oxygen atoms in total. The van der Waals surface area contributed by atoms with Gasteiger partial charge in [0.15, 0.2) is 0 Å². The molecule has 1 aliphatic heterocycles. The predicted molar refractivity (Wildman–Crippen MR) is 70.3 cm³/mol. The molecule has 7 heteroatoms. The smallest absolute Gasteiger partial charge is 0.287 e. The summed E-state index contributed by atoms with van der Waals surface area (Å²) < 4.78 is 1.17. The third kappa shape index (κ3) is 2.50. The molecule has 0 aromatic carbocycles. The van der Waals surface area contributed by atoms with Gasteiger partial charge < -0.3 is 15.3 Å². The van der Waals surface area contributed by atoms with Crippen LogP contribution in [0.5, 0.6) is 0 Å². The Labute approximate surface area is 110 Å². The Balaban J connectivity index is 2.28. The average molecular weight is 273 g/mol. The molecule has 2 rings (SSSR count). The highest BCUT2D eigenvalue weighted by molar-refractivity contribution is 6.33. The number of aliphatic hydroxyl groups excluding tert-OH is 1. The van der Waals surface area contributed by atoms with E-state index in [1.807, 2.05) is 11.9 Å². The highest BCUT2D eigenvalue weighted by Gasteiger charge is 2.22. The van der Waals surface area contributed by atoms with Crippen molar-refractivity contribution in [1.82, 2.24) is 15.1 Å². The summed E-state index contributed by atoms with van der Waals surface area (Å²) in [5, 5.41) is 16.3. The van der Waals surface area contributed by atoms with Gasteiger partial charge in [-0.2, -0.15) is 5.10 Å². The highest BCUT2D eigenvalue weighted by atomic mass is 35.5. The average Bonchev–Trinajstić information content (AvgIpc) is 2.88. The van der Waals surface area contributed by atoms with Crippen LogP contribution in [-0.2, 0) is 6.54 Å². The Kier molecular flexibility index (Phi) is 4.21. The molecule has 0 saturated carbocycles. The third-order valence-electron chi connectivity index (χ3n) is 3.24. The second-order valence-corrected chi connectivity index (χ2v) is 4.73. The van der Waals surface area contributed by atoms with Crippen LogP contribution in [0.4, 0.5) is 5.69 Å². The van der Waals surface area contributed by atoms with E-state index in [0.717, 1.165) is 19.5 Å². The molecular formula is C11H17ClN4O2. The van der Waals surface area contributed by atoms with Crippen molar-refractivity contribution in [2.24, 2.45) is 0 Å². The van der Waals surface area contributed by atoms with Gasteiger partial charge in [0, 0.05) is 19.6 Å². The predicted octanol–water partition coefficient (Wildman–Crippen LogP) is -0.313. The summed E-state index contributed by atoms with van der Waals surface area (Å²) in [6, 6.07) is 0.331. The fourth-order valence-corrected chi connectivity index (χ4v) is 2.40. The molecule has 0 spiro atoms. The molecule has 0 aliphatic carbocycles. The van der Waals surface area contributed by atoms with Gasteiger partial charge >= 0.3 is 0 Å². The number of rotatable bonds is 4. The summed E-state index contributed by atoms with van der Waals surface area (Å²) in [5.74, 6) is 0. The van der Waals surface area contributed by atoms with E-state index in [0.29, 0.717) is 11.7 Å². The molecule has 2 heterocycles. The lowest BCUT2D eigenvalue weighted by Crippen LogP contribution is -2.35. The number of hydrogen-bond donors (Lipinski definition) is 2. The fraction of sp³-hybridized carbons (Fsp3) is 0.636. The maximum absolute atomic E-state index is 11.9. The van der Waals surface area contributed by atoms with Gasteiger partial charge in [0.1, 0.15) is 5.02 Å². The lowest BCUT2D eigenvalue weighted by atomic mass is 10.2. The van der Waals surface area contributed by atoms with Crippen LogP contribution in [-0.4, -0.2) is 47.7 Å². The lowest BCUT2D eigenvalue weighted by molar-refractivity contribution is 0.266. The van der Waals surface area contributed by atoms with E-state index >= 15 is 0 Å². The zero-order chi connectivity index (χ0) is 13.1. The molecule has 100 valence electrons. The Hall–Kier alpha value is -1.11. The first-order valence-corrected chi connectivity index (χ1v) is 6.33. The van der Waals surface area contributed by atoms with Crippen LogP contribution >= 0.6 is 11.6 Å². The largest absolute Gasteiger partial charge is 0.394 e. The first-order valence-electron chi connectivity index (χ1n) is 5.95. The van der Waals surface area contributed by atoms with Crippen molar-refractivity contribution in [1.29, 1.82) is 0 Å². The minimum atomic E-state index is -0.360. The first kappa shape index (κ1) is 13.3. The van der Waals surface area contributed by atoms with Gasteiger partial charge in [-0.3, -0.25) is 4.79 Å². The van der Waals surface area contributed by atoms with Crippen molar-refractivity contribution in [2.45, 2.75) is 19.0 Å². The monoisotopic (exact) mass is 272 g/mol. The summed E-state index contributed by atoms with van der Waals surface area (Å²) in [4.78, 5) is 13.9. The minimum Gasteiger partial charge on any atom is -0.394 e. The Morgan fingerprint density at radius 1 is 1.72 bits per heavy atom. The lowest BCUT2D eigenvalue weighted by Gasteiger charge is -2.26. The van der Waals surface area contributed by atoms with E-state index in [1.54, 1.807) is 6.20 Å². The van der Waals surface area contributed by atoms with Crippen LogP contribution in [0.15, 0.2) is 11.0 Å². The van der Waals surface area contributed by atoms with Crippen LogP contribution in [0, 0.1) is 0 Å². The van der Waals surface area contributed by atoms with E-state index in [-0.39, 0.29) is 23.7 Å². The molecule has 1 saturated heterocycles. The van der Waals surface area contributed by atoms with E-state index in [2.05, 4.69) is 10.4 Å². The molecule has 1 aliphatic rings. The summed E-state index contributed by atoms with van der Waals surface area (Å²) in [6.45, 7) is 1.88. The van der Waals surface area contributed by atoms with Crippen LogP contribution in [0.1, 0.15) is 6.42 Å². The molecule has 1 unspecified atom stereocenters. The quantitative estimate of drug-likeness (QED) is 0.787. The van der Waals surface area contributed by atoms with Crippen molar-refractivity contribution in [3.05, 3.63) is 21.6 Å². The topological polar surface area (TPSA) is 70.4 Å². The van der Waals surface area contributed by atoms with E-state index in [9.17, 15) is 4.79 Å². The van der Waals surface area contributed by atoms with Crippen LogP contribution in [0.3, 0.4) is 0 Å². The molecule has 1 atom stereocenters. The number of nitrogens with one attached hydrogen (secondary N) is 1. The van der Waals surface area contributed by atoms with Gasteiger partial charge in [-0.25, -0.2) is 4.68 Å². The van der Waals surface area contributed by atoms with Crippen molar-refractivity contribution >= 4 is 17.3 Å². The zero-order valence-electron chi connectivity index (χ0n) is 10.3. The summed E-state index contributed by atoms with van der Waals surface area (Å²) >= 11 is 6.09. The molecule has 0 radical (unpaired) electrons. The molecular weight excluding hydrogens is 256 g/mol. The van der Waals surface area contributed by atoms with Gasteiger partial charge in [0.25, 0.3) is 5.56 Å². The van der Waals surface area contributed by atoms with E-state index in [4.69, 9.17) is 16.7 Å². The molecule has 0 bridgehead atoms. The van der Waals surface area contributed by atoms with Crippen molar-refractivity contribution in [3.8, 4) is 0 Å². The van der Waals surface area contributed by atoms with Crippen molar-refractivity contribution in [3.63, 3.8) is 0 Å². The van der Waals surface area contributed by atoms with Crippen molar-refractivity contribution in [2.75, 3.05) is 31.6 Å². The Bertz CT molecular complexity index is 471. The van der Waals surface area contributed by atoms with Crippen molar-refractivity contribution < 1.29 is 5.11 Å². The standard InChI is InChI=1S/C11H17ClN4O2/c1-15(8-2-3-13-6-8)9-7-14-16(4-5-17)11(18)10(9)12/h7-8,13,17H,2-6H2,1H3. The van der Waals surface area contributed by atoms with Gasteiger partial charge in [-0.15, -0.1) is 0 Å². The van der Waals surface area contributed by atoms with Gasteiger partial charge in [0.2, 0.25) is 0 Å². The number of aromatic nitrogens is 2. The summed E-state index contributed by atoms with van der Waals surface area (Å²) in [6.07, 6.45) is 2.60. The van der Waals surface area contributed by atoms with Gasteiger partial charge in [-0.05, 0) is 13.0 Å². The number of likely N-dealkylation sites (N-methyl/N-ethyl adjacent to an activating group) is 1. The van der Waals surface area contributed by atoms with Crippen LogP contribution in [0.2, 0.25) is 5.02 Å². The Morgan fingerprint density at radius 3 is 3.11 bits per heavy atom. The van der Waals surface area contributed by atoms with Gasteiger partial charge in [0.05, 0.1) is 25.0 Å². The molecule has 1 aromatic heterocycles. The first-order chi connectivity index (χ1) is 8.65. The number of aliphatic hydroxyl groups is 1. The molecule has 1 aromatic rings. The molecule has 0 amide bonds. The van der Waals surface area contributed by atoms with E-state index < -0.39 is 0 Å². The maximum atomic E-state index is 11.9. The van der Waals surface area contributed by atoms with Crippen LogP contribution < -0.4 is 15.8 Å². The van der Waals surface area contributed by atoms with Gasteiger partial charge in [-0.1, -0.05) is 11.6 Å². The van der Waals surface area contributed by atoms with E-state index in [1.165, 1.54) is 4.68 Å². The number of hydrogen-bond acceptors (Lipinski definition) is 5. The zero-order valence-corrected chi connectivity index (χ0v) is 11.0. The third-order valence-corrected chi connectivity index (χ3v) is 3.60. The second-order valence-electron chi connectivity index (χ2n) is 4.35. The fourth-order valence-electron chi connectivity index (χ4n) is 2.12. The molecule has 2 N–H and O–H groups in total. The highest BCUT2D eigenvalue weighted by Crippen LogP contribution is 2.23. The number of nitrogens with zero attached hydrogens (tertiary/aromatic N) is 3.